The van der Waals surface area contributed by atoms with Gasteiger partial charge in [-0.05, 0) is 43.9 Å². The highest BCUT2D eigenvalue weighted by Gasteiger charge is 2.70. The molecular weight excluding hydrogens is 338 g/mol. The molecule has 5 nitrogen and oxygen atoms in total. The zero-order valence-corrected chi connectivity index (χ0v) is 16.1. The summed E-state index contributed by atoms with van der Waals surface area (Å²) in [4.78, 5) is 18.7. The number of guanidine groups is 1. The summed E-state index contributed by atoms with van der Waals surface area (Å²) in [5.41, 5.74) is 2.02. The lowest BCUT2D eigenvalue weighted by atomic mass is 9.47. The summed E-state index contributed by atoms with van der Waals surface area (Å²) >= 11 is 0. The van der Waals surface area contributed by atoms with E-state index < -0.39 is 5.97 Å². The molecule has 5 aliphatic rings. The average Bonchev–Trinajstić information content (AvgIpc) is 3.11. The molecule has 5 rings (SSSR count). The first-order chi connectivity index (χ1) is 13.0. The predicted octanol–water partition coefficient (Wildman–Crippen LogP) is 2.62. The Labute approximate surface area is 160 Å². The normalized spacial score (nSPS) is 43.1. The van der Waals surface area contributed by atoms with Crippen molar-refractivity contribution in [1.29, 1.82) is 0 Å². The second-order valence-electron chi connectivity index (χ2n) is 8.88. The van der Waals surface area contributed by atoms with Gasteiger partial charge in [-0.15, -0.1) is 0 Å². The molecule has 0 radical (unpaired) electrons. The van der Waals surface area contributed by atoms with Crippen LogP contribution in [0.15, 0.2) is 28.4 Å². The number of hydrogen-bond donors (Lipinski definition) is 2. The molecule has 0 aromatic rings. The molecule has 5 atom stereocenters. The smallest absolute Gasteiger partial charge is 0.331 e. The summed E-state index contributed by atoms with van der Waals surface area (Å²) in [5.74, 6) is 8.33. The number of hydrogen-bond acceptors (Lipinski definition) is 2. The van der Waals surface area contributed by atoms with Crippen LogP contribution in [0.25, 0.3) is 0 Å². The number of allylic oxidation sites excluding steroid dienone is 2. The number of nitrogens with zero attached hydrogens (tertiary/aromatic N) is 2. The minimum Gasteiger partial charge on any atom is -0.478 e. The number of nitrogens with one attached hydrogen (secondary N) is 1. The van der Waals surface area contributed by atoms with Crippen LogP contribution in [0.4, 0.5) is 0 Å². The van der Waals surface area contributed by atoms with Crippen LogP contribution in [-0.2, 0) is 4.79 Å². The largest absolute Gasteiger partial charge is 0.478 e. The monoisotopic (exact) mass is 365 g/mol. The van der Waals surface area contributed by atoms with E-state index >= 15 is 0 Å². The lowest BCUT2D eigenvalue weighted by Crippen LogP contribution is -2.59. The van der Waals surface area contributed by atoms with E-state index in [0.717, 1.165) is 44.6 Å². The molecule has 0 aromatic carbocycles. The van der Waals surface area contributed by atoms with Crippen LogP contribution in [-0.4, -0.2) is 42.1 Å². The third kappa shape index (κ3) is 1.96. The molecule has 2 saturated carbocycles. The lowest BCUT2D eigenvalue weighted by molar-refractivity contribution is -0.132. The summed E-state index contributed by atoms with van der Waals surface area (Å²) in [6.07, 6.45) is 9.16. The van der Waals surface area contributed by atoms with Crippen molar-refractivity contribution in [3.8, 4) is 11.8 Å². The van der Waals surface area contributed by atoms with Gasteiger partial charge in [0.05, 0.1) is 6.54 Å². The molecule has 27 heavy (non-hydrogen) atoms. The van der Waals surface area contributed by atoms with E-state index in [-0.39, 0.29) is 10.8 Å². The van der Waals surface area contributed by atoms with Gasteiger partial charge in [-0.3, -0.25) is 4.99 Å². The van der Waals surface area contributed by atoms with Gasteiger partial charge in [0, 0.05) is 42.1 Å². The Kier molecular flexibility index (Phi) is 3.53. The molecule has 5 heteroatoms. The molecule has 0 saturated heterocycles. The molecule has 2 N–H and O–H groups in total. The van der Waals surface area contributed by atoms with Crippen molar-refractivity contribution in [3.63, 3.8) is 0 Å². The van der Waals surface area contributed by atoms with Crippen LogP contribution in [0.5, 0.6) is 0 Å². The first-order valence-corrected chi connectivity index (χ1v) is 10.1. The van der Waals surface area contributed by atoms with Crippen molar-refractivity contribution in [2.45, 2.75) is 39.0 Å². The molecule has 2 heterocycles. The maximum absolute atomic E-state index is 12.0. The summed E-state index contributed by atoms with van der Waals surface area (Å²) in [6.45, 7) is 3.87. The SMILES string of the molecule is CN=C1NCC#C[C@@H]2C[C@@H](C)[C@@]34CCC(C(=O)O)=C3C[C@@H]2[C@]42CC=CN1C2. The van der Waals surface area contributed by atoms with Crippen LogP contribution >= 0.6 is 0 Å². The fraction of sp³-hybridized carbons (Fsp3) is 0.636. The van der Waals surface area contributed by atoms with Gasteiger partial charge < -0.3 is 15.3 Å². The number of aliphatic carboxylic acids is 1. The molecule has 2 spiro atoms. The number of carboxylic acids is 1. The third-order valence-corrected chi connectivity index (χ3v) is 8.21. The maximum atomic E-state index is 12.0. The van der Waals surface area contributed by atoms with E-state index in [0.29, 0.717) is 29.9 Å². The first-order valence-electron chi connectivity index (χ1n) is 10.1. The summed E-state index contributed by atoms with van der Waals surface area (Å²) in [7, 11) is 1.82. The number of fused-ring (bicyclic) bond motifs is 1. The predicted molar refractivity (Wildman–Crippen MR) is 104 cm³/mol. The third-order valence-electron chi connectivity index (χ3n) is 8.21. The highest BCUT2D eigenvalue weighted by molar-refractivity contribution is 5.89. The van der Waals surface area contributed by atoms with Crippen LogP contribution in [0.1, 0.15) is 39.0 Å². The van der Waals surface area contributed by atoms with Gasteiger partial charge in [0.25, 0.3) is 0 Å². The zero-order valence-electron chi connectivity index (χ0n) is 16.1. The van der Waals surface area contributed by atoms with Gasteiger partial charge >= 0.3 is 5.97 Å². The fourth-order valence-electron chi connectivity index (χ4n) is 7.36. The lowest BCUT2D eigenvalue weighted by Gasteiger charge is -2.59. The van der Waals surface area contributed by atoms with Crippen molar-refractivity contribution in [1.82, 2.24) is 10.2 Å². The Morgan fingerprint density at radius 3 is 3.11 bits per heavy atom. The van der Waals surface area contributed by atoms with Crippen molar-refractivity contribution < 1.29 is 9.90 Å². The van der Waals surface area contributed by atoms with Gasteiger partial charge in [-0.25, -0.2) is 4.79 Å². The Hall–Kier alpha value is -2.22. The van der Waals surface area contributed by atoms with Gasteiger partial charge in [0.1, 0.15) is 0 Å². The van der Waals surface area contributed by atoms with E-state index in [2.05, 4.69) is 46.2 Å². The number of carbonyl (C=O) groups is 1. The van der Waals surface area contributed by atoms with Crippen LogP contribution in [0.3, 0.4) is 0 Å². The first kappa shape index (κ1) is 16.9. The van der Waals surface area contributed by atoms with Gasteiger partial charge in [0.15, 0.2) is 5.96 Å². The van der Waals surface area contributed by atoms with E-state index in [1.807, 2.05) is 7.05 Å². The van der Waals surface area contributed by atoms with E-state index in [1.165, 1.54) is 5.57 Å². The number of rotatable bonds is 1. The van der Waals surface area contributed by atoms with Crippen LogP contribution in [0.2, 0.25) is 0 Å². The van der Waals surface area contributed by atoms with Gasteiger partial charge in [0.2, 0.25) is 0 Å². The molecule has 5 bridgehead atoms. The number of carboxylic acid groups (broad SMARTS) is 1. The van der Waals surface area contributed by atoms with E-state index in [1.54, 1.807) is 0 Å². The van der Waals surface area contributed by atoms with E-state index in [4.69, 9.17) is 0 Å². The van der Waals surface area contributed by atoms with Crippen LogP contribution < -0.4 is 5.32 Å². The molecule has 142 valence electrons. The van der Waals surface area contributed by atoms with Gasteiger partial charge in [-0.2, -0.15) is 0 Å². The Balaban J connectivity index is 1.74. The fourth-order valence-corrected chi connectivity index (χ4v) is 7.36. The van der Waals surface area contributed by atoms with Gasteiger partial charge in [-0.1, -0.05) is 30.4 Å². The number of aliphatic imine (C=N–C) groups is 1. The summed E-state index contributed by atoms with van der Waals surface area (Å²) < 4.78 is 0. The minimum atomic E-state index is -0.704. The molecule has 2 aliphatic heterocycles. The quantitative estimate of drug-likeness (QED) is 0.701. The molecule has 0 unspecified atom stereocenters. The molecule has 0 amide bonds. The van der Waals surface area contributed by atoms with Crippen molar-refractivity contribution in [2.24, 2.45) is 33.6 Å². The highest BCUT2D eigenvalue weighted by Crippen LogP contribution is 2.75. The summed E-state index contributed by atoms with van der Waals surface area (Å²) in [6, 6.07) is 0. The van der Waals surface area contributed by atoms with Crippen molar-refractivity contribution in [2.75, 3.05) is 20.1 Å². The van der Waals surface area contributed by atoms with Crippen LogP contribution in [0, 0.1) is 40.4 Å². The van der Waals surface area contributed by atoms with Crippen molar-refractivity contribution >= 4 is 11.9 Å². The standard InChI is InChI=1S/C22H27N3O2/c1-14-11-15-5-3-9-24-20(23-2)25-10-4-7-21(13-25)17(15)12-18-16(19(26)27)6-8-22(14,18)21/h4,10,14-15,17H,6-9,11-13H2,1-2H3,(H,23,24)(H,26,27)/t14-,15-,17+,21-,22+/m1/s1. The second kappa shape index (κ2) is 5.64. The zero-order chi connectivity index (χ0) is 18.8. The second-order valence-corrected chi connectivity index (χ2v) is 8.88. The molecular formula is C22H27N3O2. The summed E-state index contributed by atoms with van der Waals surface area (Å²) in [5, 5.41) is 13.2. The Bertz CT molecular complexity index is 861. The minimum absolute atomic E-state index is 0.00459. The Morgan fingerprint density at radius 2 is 2.33 bits per heavy atom. The van der Waals surface area contributed by atoms with Crippen molar-refractivity contribution in [3.05, 3.63) is 23.4 Å². The average molecular weight is 365 g/mol. The topological polar surface area (TPSA) is 64.9 Å². The van der Waals surface area contributed by atoms with E-state index in [9.17, 15) is 9.90 Å². The molecule has 3 aliphatic carbocycles. The molecule has 0 aromatic heterocycles. The highest BCUT2D eigenvalue weighted by atomic mass is 16.4. The maximum Gasteiger partial charge on any atom is 0.331 e. The Morgan fingerprint density at radius 1 is 1.48 bits per heavy atom. The molecule has 2 fully saturated rings.